The first-order chi connectivity index (χ1) is 11.6. The molecule has 0 aliphatic carbocycles. The molecule has 0 aliphatic rings. The number of amides is 1. The fraction of sp³-hybridized carbons (Fsp3) is 0.133. The van der Waals surface area contributed by atoms with E-state index in [0.717, 1.165) is 0 Å². The van der Waals surface area contributed by atoms with E-state index in [2.05, 4.69) is 10.0 Å². The number of carbonyl (C=O) groups excluding carboxylic acids is 1. The van der Waals surface area contributed by atoms with Gasteiger partial charge in [-0.25, -0.2) is 8.42 Å². The van der Waals surface area contributed by atoms with E-state index in [0.29, 0.717) is 5.69 Å². The van der Waals surface area contributed by atoms with Gasteiger partial charge in [-0.3, -0.25) is 9.52 Å². The van der Waals surface area contributed by atoms with Gasteiger partial charge < -0.3 is 15.8 Å². The fourth-order valence-electron chi connectivity index (χ4n) is 1.99. The van der Waals surface area contributed by atoms with Gasteiger partial charge in [-0.2, -0.15) is 0 Å². The van der Waals surface area contributed by atoms with E-state index in [-0.39, 0.29) is 38.0 Å². The standard InChI is InChI=1S/C15H15Cl2N3O4S/c1-8(21)19-13-4-3-10(7-14(13)24-2)25(22,23)20-9-5-11(16)15(18)12(17)6-9/h3-7,20H,18H2,1-2H3,(H,19,21). The molecule has 7 nitrogen and oxygen atoms in total. The zero-order valence-electron chi connectivity index (χ0n) is 13.3. The molecular weight excluding hydrogens is 389 g/mol. The van der Waals surface area contributed by atoms with Crippen molar-refractivity contribution in [3.8, 4) is 5.75 Å². The van der Waals surface area contributed by atoms with Crippen molar-refractivity contribution in [2.24, 2.45) is 0 Å². The number of nitrogens with one attached hydrogen (secondary N) is 2. The number of carbonyl (C=O) groups is 1. The highest BCUT2D eigenvalue weighted by molar-refractivity contribution is 7.92. The van der Waals surface area contributed by atoms with Crippen molar-refractivity contribution in [2.75, 3.05) is 22.9 Å². The molecule has 134 valence electrons. The van der Waals surface area contributed by atoms with Gasteiger partial charge >= 0.3 is 0 Å². The number of nitrogens with two attached hydrogens (primary N) is 1. The third-order valence-corrected chi connectivity index (χ3v) is 5.13. The Morgan fingerprint density at radius 1 is 1.16 bits per heavy atom. The number of hydrogen-bond acceptors (Lipinski definition) is 5. The molecule has 0 heterocycles. The normalized spacial score (nSPS) is 11.0. The Labute approximate surface area is 155 Å². The van der Waals surface area contributed by atoms with E-state index < -0.39 is 10.0 Å². The van der Waals surface area contributed by atoms with Gasteiger partial charge in [-0.05, 0) is 24.3 Å². The number of sulfonamides is 1. The van der Waals surface area contributed by atoms with Crippen LogP contribution >= 0.6 is 23.2 Å². The molecule has 2 rings (SSSR count). The van der Waals surface area contributed by atoms with Gasteiger partial charge in [0.25, 0.3) is 10.0 Å². The van der Waals surface area contributed by atoms with Gasteiger partial charge in [-0.15, -0.1) is 0 Å². The zero-order valence-corrected chi connectivity index (χ0v) is 15.6. The second kappa shape index (κ2) is 7.38. The maximum absolute atomic E-state index is 12.5. The predicted octanol–water partition coefficient (Wildman–Crippen LogP) is 3.34. The Bertz CT molecular complexity index is 909. The van der Waals surface area contributed by atoms with Crippen LogP contribution in [-0.2, 0) is 14.8 Å². The number of nitrogen functional groups attached to an aromatic ring is 1. The van der Waals surface area contributed by atoms with Crippen LogP contribution in [0.25, 0.3) is 0 Å². The van der Waals surface area contributed by atoms with Crippen LogP contribution in [0.1, 0.15) is 6.92 Å². The summed E-state index contributed by atoms with van der Waals surface area (Å²) in [6, 6.07) is 6.74. The Morgan fingerprint density at radius 3 is 2.28 bits per heavy atom. The molecule has 0 atom stereocenters. The third-order valence-electron chi connectivity index (χ3n) is 3.13. The van der Waals surface area contributed by atoms with Crippen molar-refractivity contribution in [1.82, 2.24) is 0 Å². The maximum Gasteiger partial charge on any atom is 0.262 e. The molecule has 0 saturated carbocycles. The monoisotopic (exact) mass is 403 g/mol. The smallest absolute Gasteiger partial charge is 0.262 e. The lowest BCUT2D eigenvalue weighted by atomic mass is 10.3. The molecular formula is C15H15Cl2N3O4S. The lowest BCUT2D eigenvalue weighted by Gasteiger charge is -2.13. The van der Waals surface area contributed by atoms with E-state index in [1.165, 1.54) is 44.4 Å². The lowest BCUT2D eigenvalue weighted by Crippen LogP contribution is -2.14. The van der Waals surface area contributed by atoms with E-state index in [4.69, 9.17) is 33.7 Å². The van der Waals surface area contributed by atoms with Crippen LogP contribution in [-0.4, -0.2) is 21.4 Å². The van der Waals surface area contributed by atoms with Gasteiger partial charge in [0.2, 0.25) is 5.91 Å². The molecule has 0 spiro atoms. The van der Waals surface area contributed by atoms with Crippen LogP contribution in [0.3, 0.4) is 0 Å². The van der Waals surface area contributed by atoms with Crippen molar-refractivity contribution in [2.45, 2.75) is 11.8 Å². The maximum atomic E-state index is 12.5. The van der Waals surface area contributed by atoms with Gasteiger partial charge in [0.15, 0.2) is 0 Å². The second-order valence-corrected chi connectivity index (χ2v) is 7.50. The van der Waals surface area contributed by atoms with Crippen molar-refractivity contribution in [1.29, 1.82) is 0 Å². The highest BCUT2D eigenvalue weighted by Crippen LogP contribution is 2.33. The number of rotatable bonds is 5. The number of methoxy groups -OCH3 is 1. The van der Waals surface area contributed by atoms with Crippen LogP contribution < -0.4 is 20.5 Å². The number of anilines is 3. The largest absolute Gasteiger partial charge is 0.495 e. The summed E-state index contributed by atoms with van der Waals surface area (Å²) in [5.74, 6) is -0.107. The molecule has 0 fully saturated rings. The zero-order chi connectivity index (χ0) is 18.8. The van der Waals surface area contributed by atoms with Crippen LogP contribution in [0, 0.1) is 0 Å². The highest BCUT2D eigenvalue weighted by atomic mass is 35.5. The van der Waals surface area contributed by atoms with Gasteiger partial charge in [0.1, 0.15) is 5.75 Å². The number of hydrogen-bond donors (Lipinski definition) is 3. The van der Waals surface area contributed by atoms with Gasteiger partial charge in [0, 0.05) is 13.0 Å². The molecule has 0 saturated heterocycles. The summed E-state index contributed by atoms with van der Waals surface area (Å²) in [5, 5.41) is 2.80. The number of ether oxygens (including phenoxy) is 1. The van der Waals surface area contributed by atoms with E-state index in [1.54, 1.807) is 0 Å². The quantitative estimate of drug-likeness (QED) is 0.662. The average Bonchev–Trinajstić information content (AvgIpc) is 2.51. The van der Waals surface area contributed by atoms with Crippen LogP contribution in [0.15, 0.2) is 35.2 Å². The molecule has 1 amide bonds. The highest BCUT2D eigenvalue weighted by Gasteiger charge is 2.18. The first-order valence-corrected chi connectivity index (χ1v) is 9.11. The molecule has 0 radical (unpaired) electrons. The fourth-order valence-corrected chi connectivity index (χ4v) is 3.53. The molecule has 10 heteroatoms. The summed E-state index contributed by atoms with van der Waals surface area (Å²) in [7, 11) is -2.57. The summed E-state index contributed by atoms with van der Waals surface area (Å²) in [5.41, 5.74) is 6.30. The van der Waals surface area contributed by atoms with Crippen molar-refractivity contribution < 1.29 is 17.9 Å². The summed E-state index contributed by atoms with van der Waals surface area (Å²) in [6.45, 7) is 1.33. The van der Waals surface area contributed by atoms with E-state index in [9.17, 15) is 13.2 Å². The minimum atomic E-state index is -3.94. The first kappa shape index (κ1) is 19.2. The predicted molar refractivity (Wildman–Crippen MR) is 99.0 cm³/mol. The van der Waals surface area contributed by atoms with Crippen molar-refractivity contribution in [3.05, 3.63) is 40.4 Å². The molecule has 2 aromatic carbocycles. The summed E-state index contributed by atoms with van der Waals surface area (Å²) in [6.07, 6.45) is 0. The van der Waals surface area contributed by atoms with Gasteiger partial charge in [0.05, 0.1) is 39.1 Å². The Morgan fingerprint density at radius 2 is 1.76 bits per heavy atom. The molecule has 2 aromatic rings. The minimum Gasteiger partial charge on any atom is -0.495 e. The molecule has 0 aliphatic heterocycles. The first-order valence-electron chi connectivity index (χ1n) is 6.87. The topological polar surface area (TPSA) is 111 Å². The lowest BCUT2D eigenvalue weighted by molar-refractivity contribution is -0.114. The van der Waals surface area contributed by atoms with Gasteiger partial charge in [-0.1, -0.05) is 23.2 Å². The number of halogens is 2. The van der Waals surface area contributed by atoms with E-state index >= 15 is 0 Å². The summed E-state index contributed by atoms with van der Waals surface area (Å²) >= 11 is 11.8. The molecule has 0 bridgehead atoms. The van der Waals surface area contributed by atoms with Crippen LogP contribution in [0.5, 0.6) is 5.75 Å². The van der Waals surface area contributed by atoms with Crippen LogP contribution in [0.2, 0.25) is 10.0 Å². The molecule has 0 unspecified atom stereocenters. The van der Waals surface area contributed by atoms with E-state index in [1.807, 2.05) is 0 Å². The Hall–Kier alpha value is -2.16. The molecule has 4 N–H and O–H groups in total. The summed E-state index contributed by atoms with van der Waals surface area (Å²) < 4.78 is 32.6. The Kier molecular flexibility index (Phi) is 5.66. The summed E-state index contributed by atoms with van der Waals surface area (Å²) in [4.78, 5) is 11.1. The Balaban J connectivity index is 2.38. The third kappa shape index (κ3) is 4.47. The molecule has 25 heavy (non-hydrogen) atoms. The SMILES string of the molecule is COc1cc(S(=O)(=O)Nc2cc(Cl)c(N)c(Cl)c2)ccc1NC(C)=O. The average molecular weight is 404 g/mol. The number of benzene rings is 2. The van der Waals surface area contributed by atoms with Crippen molar-refractivity contribution >= 4 is 56.2 Å². The van der Waals surface area contributed by atoms with Crippen molar-refractivity contribution in [3.63, 3.8) is 0 Å². The second-order valence-electron chi connectivity index (χ2n) is 5.00. The van der Waals surface area contributed by atoms with Crippen LogP contribution in [0.4, 0.5) is 17.1 Å². The molecule has 0 aromatic heterocycles. The minimum absolute atomic E-state index is 0.0671.